The van der Waals surface area contributed by atoms with Crippen LogP contribution in [0, 0.1) is 20.8 Å². The summed E-state index contributed by atoms with van der Waals surface area (Å²) < 4.78 is 0. The van der Waals surface area contributed by atoms with E-state index in [1.165, 1.54) is 27.8 Å². The van der Waals surface area contributed by atoms with Crippen molar-refractivity contribution in [3.63, 3.8) is 0 Å². The summed E-state index contributed by atoms with van der Waals surface area (Å²) in [6.07, 6.45) is 3.78. The van der Waals surface area contributed by atoms with Crippen LogP contribution in [0.15, 0.2) is 36.7 Å². The fourth-order valence-corrected chi connectivity index (χ4v) is 2.13. The third kappa shape index (κ3) is 2.96. The average Bonchev–Trinajstić information content (AvgIpc) is 2.35. The summed E-state index contributed by atoms with van der Waals surface area (Å²) in [6, 6.07) is 8.49. The van der Waals surface area contributed by atoms with Crippen molar-refractivity contribution in [2.75, 3.05) is 0 Å². The number of aryl methyl sites for hydroxylation is 3. The first-order chi connectivity index (χ1) is 8.68. The van der Waals surface area contributed by atoms with Gasteiger partial charge in [0, 0.05) is 25.5 Å². The van der Waals surface area contributed by atoms with Gasteiger partial charge in [-0.15, -0.1) is 0 Å². The van der Waals surface area contributed by atoms with E-state index in [1.807, 2.05) is 12.4 Å². The molecule has 2 heteroatoms. The van der Waals surface area contributed by atoms with E-state index in [0.29, 0.717) is 0 Å². The maximum atomic E-state index is 4.17. The van der Waals surface area contributed by atoms with Gasteiger partial charge >= 0.3 is 0 Å². The van der Waals surface area contributed by atoms with Crippen molar-refractivity contribution in [2.45, 2.75) is 33.9 Å². The van der Waals surface area contributed by atoms with Crippen LogP contribution in [-0.4, -0.2) is 4.98 Å². The molecule has 2 rings (SSSR count). The summed E-state index contributed by atoms with van der Waals surface area (Å²) in [5, 5.41) is 3.50. The summed E-state index contributed by atoms with van der Waals surface area (Å²) in [6.45, 7) is 8.23. The number of nitrogens with one attached hydrogen (secondary N) is 1. The smallest absolute Gasteiger partial charge is 0.0315 e. The zero-order chi connectivity index (χ0) is 13.0. The molecule has 1 N–H and O–H groups in total. The van der Waals surface area contributed by atoms with Gasteiger partial charge in [0.05, 0.1) is 0 Å². The molecule has 2 aromatic rings. The highest BCUT2D eigenvalue weighted by Crippen LogP contribution is 2.13. The van der Waals surface area contributed by atoms with Crippen LogP contribution >= 0.6 is 0 Å². The zero-order valence-electron chi connectivity index (χ0n) is 11.3. The lowest BCUT2D eigenvalue weighted by Crippen LogP contribution is -2.15. The second kappa shape index (κ2) is 5.78. The van der Waals surface area contributed by atoms with E-state index in [0.717, 1.165) is 13.1 Å². The van der Waals surface area contributed by atoms with Crippen LogP contribution in [0.4, 0.5) is 0 Å². The van der Waals surface area contributed by atoms with Crippen LogP contribution in [0.1, 0.15) is 27.8 Å². The van der Waals surface area contributed by atoms with E-state index in [-0.39, 0.29) is 0 Å². The Morgan fingerprint density at radius 1 is 0.944 bits per heavy atom. The molecule has 0 aliphatic heterocycles. The maximum absolute atomic E-state index is 4.17. The molecule has 0 aliphatic carbocycles. The summed E-state index contributed by atoms with van der Waals surface area (Å²) in [5.41, 5.74) is 6.66. The van der Waals surface area contributed by atoms with E-state index in [2.05, 4.69) is 55.3 Å². The highest BCUT2D eigenvalue weighted by atomic mass is 14.9. The Kier molecular flexibility index (Phi) is 4.11. The number of benzene rings is 1. The quantitative estimate of drug-likeness (QED) is 0.887. The molecule has 1 aromatic carbocycles. The van der Waals surface area contributed by atoms with Crippen LogP contribution in [0.5, 0.6) is 0 Å². The SMILES string of the molecule is Cc1ccncc1CNCc1c(C)cccc1C. The summed E-state index contributed by atoms with van der Waals surface area (Å²) in [5.74, 6) is 0. The molecule has 1 aromatic heterocycles. The van der Waals surface area contributed by atoms with E-state index >= 15 is 0 Å². The van der Waals surface area contributed by atoms with Gasteiger partial charge in [0.2, 0.25) is 0 Å². The monoisotopic (exact) mass is 240 g/mol. The minimum atomic E-state index is 0.868. The van der Waals surface area contributed by atoms with Gasteiger partial charge in [0.25, 0.3) is 0 Å². The van der Waals surface area contributed by atoms with Crippen molar-refractivity contribution in [1.29, 1.82) is 0 Å². The first-order valence-electron chi connectivity index (χ1n) is 6.34. The van der Waals surface area contributed by atoms with E-state index in [9.17, 15) is 0 Å². The zero-order valence-corrected chi connectivity index (χ0v) is 11.3. The molecule has 18 heavy (non-hydrogen) atoms. The molecule has 0 aliphatic rings. The van der Waals surface area contributed by atoms with Crippen LogP contribution in [-0.2, 0) is 13.1 Å². The second-order valence-electron chi connectivity index (χ2n) is 4.78. The van der Waals surface area contributed by atoms with Crippen LogP contribution in [0.25, 0.3) is 0 Å². The van der Waals surface area contributed by atoms with Gasteiger partial charge in [-0.05, 0) is 54.7 Å². The molecule has 0 atom stereocenters. The number of rotatable bonds is 4. The topological polar surface area (TPSA) is 24.9 Å². The molecule has 0 radical (unpaired) electrons. The average molecular weight is 240 g/mol. The predicted octanol–water partition coefficient (Wildman–Crippen LogP) is 3.30. The molecule has 2 nitrogen and oxygen atoms in total. The highest BCUT2D eigenvalue weighted by molar-refractivity contribution is 5.33. The normalized spacial score (nSPS) is 10.6. The van der Waals surface area contributed by atoms with Crippen LogP contribution < -0.4 is 5.32 Å². The third-order valence-corrected chi connectivity index (χ3v) is 3.41. The molecule has 94 valence electrons. The van der Waals surface area contributed by atoms with Crippen LogP contribution in [0.2, 0.25) is 0 Å². The first kappa shape index (κ1) is 12.8. The maximum Gasteiger partial charge on any atom is 0.0315 e. The Bertz CT molecular complexity index is 512. The van der Waals surface area contributed by atoms with Crippen molar-refractivity contribution in [2.24, 2.45) is 0 Å². The Morgan fingerprint density at radius 3 is 2.33 bits per heavy atom. The highest BCUT2D eigenvalue weighted by Gasteiger charge is 2.02. The molecule has 0 spiro atoms. The molecule has 1 heterocycles. The van der Waals surface area contributed by atoms with E-state index < -0.39 is 0 Å². The summed E-state index contributed by atoms with van der Waals surface area (Å²) in [7, 11) is 0. The minimum absolute atomic E-state index is 0.868. The predicted molar refractivity (Wildman–Crippen MR) is 75.4 cm³/mol. The van der Waals surface area contributed by atoms with Gasteiger partial charge < -0.3 is 5.32 Å². The summed E-state index contributed by atoms with van der Waals surface area (Å²) in [4.78, 5) is 4.17. The Labute approximate surface area is 109 Å². The Hall–Kier alpha value is -1.67. The second-order valence-corrected chi connectivity index (χ2v) is 4.78. The number of hydrogen-bond donors (Lipinski definition) is 1. The van der Waals surface area contributed by atoms with Crippen molar-refractivity contribution in [3.05, 3.63) is 64.5 Å². The molecular weight excluding hydrogens is 220 g/mol. The number of hydrogen-bond acceptors (Lipinski definition) is 2. The van der Waals surface area contributed by atoms with Crippen molar-refractivity contribution >= 4 is 0 Å². The Balaban J connectivity index is 1.99. The van der Waals surface area contributed by atoms with Gasteiger partial charge in [-0.1, -0.05) is 18.2 Å². The van der Waals surface area contributed by atoms with Gasteiger partial charge in [0.1, 0.15) is 0 Å². The molecule has 0 saturated heterocycles. The van der Waals surface area contributed by atoms with E-state index in [1.54, 1.807) is 0 Å². The number of pyridine rings is 1. The largest absolute Gasteiger partial charge is 0.309 e. The van der Waals surface area contributed by atoms with Crippen molar-refractivity contribution in [3.8, 4) is 0 Å². The molecule has 0 bridgehead atoms. The lowest BCUT2D eigenvalue weighted by atomic mass is 10.0. The summed E-state index contributed by atoms with van der Waals surface area (Å²) >= 11 is 0. The van der Waals surface area contributed by atoms with Crippen molar-refractivity contribution in [1.82, 2.24) is 10.3 Å². The standard InChI is InChI=1S/C16H20N2/c1-12-7-8-17-9-15(12)10-18-11-16-13(2)5-4-6-14(16)3/h4-9,18H,10-11H2,1-3H3. The van der Waals surface area contributed by atoms with Gasteiger partial charge in [0.15, 0.2) is 0 Å². The fraction of sp³-hybridized carbons (Fsp3) is 0.312. The lowest BCUT2D eigenvalue weighted by molar-refractivity contribution is 0.683. The third-order valence-electron chi connectivity index (χ3n) is 3.41. The number of aromatic nitrogens is 1. The molecule has 0 unspecified atom stereocenters. The van der Waals surface area contributed by atoms with Gasteiger partial charge in [-0.2, -0.15) is 0 Å². The van der Waals surface area contributed by atoms with Gasteiger partial charge in [-0.25, -0.2) is 0 Å². The lowest BCUT2D eigenvalue weighted by Gasteiger charge is -2.11. The van der Waals surface area contributed by atoms with Crippen molar-refractivity contribution < 1.29 is 0 Å². The molecular formula is C16H20N2. The number of nitrogens with zero attached hydrogens (tertiary/aromatic N) is 1. The fourth-order valence-electron chi connectivity index (χ4n) is 2.13. The van der Waals surface area contributed by atoms with Crippen LogP contribution in [0.3, 0.4) is 0 Å². The van der Waals surface area contributed by atoms with Gasteiger partial charge in [-0.3, -0.25) is 4.98 Å². The first-order valence-corrected chi connectivity index (χ1v) is 6.34. The minimum Gasteiger partial charge on any atom is -0.309 e. The molecule has 0 fully saturated rings. The molecule has 0 saturated carbocycles. The molecule has 0 amide bonds. The van der Waals surface area contributed by atoms with E-state index in [4.69, 9.17) is 0 Å². The Morgan fingerprint density at radius 2 is 1.67 bits per heavy atom.